The van der Waals surface area contributed by atoms with E-state index in [0.717, 1.165) is 0 Å². The van der Waals surface area contributed by atoms with Crippen molar-refractivity contribution < 1.29 is 0 Å². The number of hydrogen-bond acceptors (Lipinski definition) is 0. The summed E-state index contributed by atoms with van der Waals surface area (Å²) in [6.07, 6.45) is 0. The zero-order valence-electron chi connectivity index (χ0n) is 3.39. The second kappa shape index (κ2) is 8.45. The average molecular weight is 125 g/mol. The summed E-state index contributed by atoms with van der Waals surface area (Å²) in [7, 11) is 0. The maximum Gasteiger partial charge on any atom is -0.0184 e. The van der Waals surface area contributed by atoms with Crippen LogP contribution in [-0.4, -0.2) is 70.2 Å². The summed E-state index contributed by atoms with van der Waals surface area (Å²) in [4.78, 5) is 0. The van der Waals surface area contributed by atoms with Crippen LogP contribution in [0.5, 0.6) is 0 Å². The standard InChI is InChI=1S/C6H5.K.Li.2H/c1-2-4-6-5-3-1;;;;/h1-5H;;;;. The Kier molecular flexibility index (Phi) is 12.9. The molecule has 1 aromatic carbocycles. The molecular formula is C6H7KLi. The molecule has 0 heterocycles. The summed E-state index contributed by atoms with van der Waals surface area (Å²) < 4.78 is 0. The molecule has 0 aliphatic carbocycles. The van der Waals surface area contributed by atoms with Gasteiger partial charge in [0.05, 0.1) is 0 Å². The van der Waals surface area contributed by atoms with E-state index in [-0.39, 0.29) is 70.2 Å². The molecule has 0 aromatic heterocycles. The van der Waals surface area contributed by atoms with Gasteiger partial charge in [-0.25, -0.2) is 0 Å². The number of rotatable bonds is 0. The fourth-order valence-electron chi connectivity index (χ4n) is 0.342. The third kappa shape index (κ3) is 5.59. The van der Waals surface area contributed by atoms with Crippen LogP contribution >= 0.6 is 0 Å². The normalized spacial score (nSPS) is 6.00. The predicted octanol–water partition coefficient (Wildman–Crippen LogP) is 0.190. The van der Waals surface area contributed by atoms with Gasteiger partial charge in [0.1, 0.15) is 0 Å². The van der Waals surface area contributed by atoms with Gasteiger partial charge in [-0.05, 0) is 6.07 Å². The molecule has 0 saturated carbocycles. The molecule has 0 atom stereocenters. The Labute approximate surface area is 105 Å². The predicted molar refractivity (Wildman–Crippen MR) is 39.6 cm³/mol. The second-order valence-electron chi connectivity index (χ2n) is 1.08. The van der Waals surface area contributed by atoms with Crippen molar-refractivity contribution in [2.24, 2.45) is 0 Å². The molecule has 1 aromatic rings. The Balaban J connectivity index is 0. The molecule has 0 N–H and O–H groups in total. The van der Waals surface area contributed by atoms with Crippen LogP contribution in [0.25, 0.3) is 0 Å². The molecule has 33 valence electrons. The molecule has 0 bridgehead atoms. The maximum absolute atomic E-state index is 2.89. The van der Waals surface area contributed by atoms with E-state index in [4.69, 9.17) is 0 Å². The van der Waals surface area contributed by atoms with Gasteiger partial charge in [0, 0.05) is 0 Å². The van der Waals surface area contributed by atoms with Gasteiger partial charge in [-0.1, -0.05) is 30.3 Å². The van der Waals surface area contributed by atoms with E-state index in [1.165, 1.54) is 0 Å². The van der Waals surface area contributed by atoms with E-state index in [0.29, 0.717) is 0 Å². The third-order valence-electron chi connectivity index (χ3n) is 0.607. The molecule has 1 radical (unpaired) electrons. The van der Waals surface area contributed by atoms with Crippen LogP contribution in [0.3, 0.4) is 0 Å². The smallest absolute Gasteiger partial charge is 0.0184 e. The van der Waals surface area contributed by atoms with Crippen molar-refractivity contribution >= 4 is 70.2 Å². The van der Waals surface area contributed by atoms with E-state index in [1.807, 2.05) is 30.3 Å². The minimum atomic E-state index is 0. The largest absolute Gasteiger partial charge is 0.0622 e. The SMILES string of the molecule is [KH].[LiH].[c]1ccccc1. The molecule has 0 aliphatic rings. The summed E-state index contributed by atoms with van der Waals surface area (Å²) in [5.74, 6) is 0. The monoisotopic (exact) mass is 125 g/mol. The first-order valence-electron chi connectivity index (χ1n) is 1.91. The molecule has 0 unspecified atom stereocenters. The van der Waals surface area contributed by atoms with Gasteiger partial charge >= 0.3 is 70.2 Å². The second-order valence-corrected chi connectivity index (χ2v) is 1.08. The van der Waals surface area contributed by atoms with Crippen molar-refractivity contribution in [2.75, 3.05) is 0 Å². The zero-order chi connectivity index (χ0) is 4.24. The van der Waals surface area contributed by atoms with Crippen LogP contribution in [-0.2, 0) is 0 Å². The van der Waals surface area contributed by atoms with Gasteiger partial charge < -0.3 is 0 Å². The summed E-state index contributed by atoms with van der Waals surface area (Å²) >= 11 is 0. The fourth-order valence-corrected chi connectivity index (χ4v) is 0.342. The maximum atomic E-state index is 2.89. The van der Waals surface area contributed by atoms with Crippen molar-refractivity contribution in [3.63, 3.8) is 0 Å². The van der Waals surface area contributed by atoms with Gasteiger partial charge in [0.25, 0.3) is 0 Å². The molecular weight excluding hydrogens is 118 g/mol. The first-order valence-corrected chi connectivity index (χ1v) is 1.91. The van der Waals surface area contributed by atoms with Crippen LogP contribution in [0.15, 0.2) is 30.3 Å². The van der Waals surface area contributed by atoms with E-state index in [2.05, 4.69) is 6.07 Å². The minimum absolute atomic E-state index is 0. The van der Waals surface area contributed by atoms with Gasteiger partial charge in [0.2, 0.25) is 0 Å². The van der Waals surface area contributed by atoms with Crippen LogP contribution in [0.1, 0.15) is 0 Å². The Morgan fingerprint density at radius 2 is 1.38 bits per heavy atom. The molecule has 0 nitrogen and oxygen atoms in total. The topological polar surface area (TPSA) is 0 Å². The van der Waals surface area contributed by atoms with Gasteiger partial charge in [0.15, 0.2) is 0 Å². The molecule has 0 saturated heterocycles. The first-order chi connectivity index (χ1) is 3.00. The van der Waals surface area contributed by atoms with Crippen LogP contribution < -0.4 is 0 Å². The van der Waals surface area contributed by atoms with E-state index in [1.54, 1.807) is 0 Å². The van der Waals surface area contributed by atoms with Crippen molar-refractivity contribution in [3.8, 4) is 0 Å². The summed E-state index contributed by atoms with van der Waals surface area (Å²) in [5.41, 5.74) is 0. The third-order valence-corrected chi connectivity index (χ3v) is 0.607. The Hall–Kier alpha value is 1.45. The number of hydrogen-bond donors (Lipinski definition) is 0. The minimum Gasteiger partial charge on any atom is -0.0622 e. The summed E-state index contributed by atoms with van der Waals surface area (Å²) in [6.45, 7) is 0. The number of benzene rings is 1. The molecule has 0 aliphatic heterocycles. The Bertz CT molecular complexity index is 80.5. The van der Waals surface area contributed by atoms with Gasteiger partial charge in [-0.3, -0.25) is 0 Å². The first kappa shape index (κ1) is 12.2. The summed E-state index contributed by atoms with van der Waals surface area (Å²) in [5, 5.41) is 0. The van der Waals surface area contributed by atoms with Crippen molar-refractivity contribution in [1.82, 2.24) is 0 Å². The van der Waals surface area contributed by atoms with E-state index >= 15 is 0 Å². The molecule has 2 heteroatoms. The van der Waals surface area contributed by atoms with Gasteiger partial charge in [-0.2, -0.15) is 0 Å². The van der Waals surface area contributed by atoms with E-state index < -0.39 is 0 Å². The molecule has 1 rings (SSSR count). The average Bonchev–Trinajstić information content (AvgIpc) is 1.72. The van der Waals surface area contributed by atoms with Crippen molar-refractivity contribution in [2.45, 2.75) is 0 Å². The van der Waals surface area contributed by atoms with Crippen LogP contribution in [0.2, 0.25) is 0 Å². The van der Waals surface area contributed by atoms with E-state index in [9.17, 15) is 0 Å². The Morgan fingerprint density at radius 1 is 0.875 bits per heavy atom. The van der Waals surface area contributed by atoms with Crippen LogP contribution in [0, 0.1) is 6.07 Å². The molecule has 0 amide bonds. The quantitative estimate of drug-likeness (QED) is 0.434. The Morgan fingerprint density at radius 3 is 1.50 bits per heavy atom. The molecule has 8 heavy (non-hydrogen) atoms. The van der Waals surface area contributed by atoms with Crippen molar-refractivity contribution in [1.29, 1.82) is 0 Å². The van der Waals surface area contributed by atoms with Gasteiger partial charge in [-0.15, -0.1) is 0 Å². The zero-order valence-corrected chi connectivity index (χ0v) is 3.39. The molecule has 0 spiro atoms. The van der Waals surface area contributed by atoms with Crippen LogP contribution in [0.4, 0.5) is 0 Å². The molecule has 0 fully saturated rings. The summed E-state index contributed by atoms with van der Waals surface area (Å²) in [6, 6.07) is 12.5. The van der Waals surface area contributed by atoms with Crippen molar-refractivity contribution in [3.05, 3.63) is 36.4 Å². The fraction of sp³-hybridized carbons (Fsp3) is 0.